The number of thioether (sulfide) groups is 1. The molecule has 7 heteroatoms. The number of para-hydroxylation sites is 1. The van der Waals surface area contributed by atoms with Crippen molar-refractivity contribution < 1.29 is 9.53 Å². The fraction of sp³-hybridized carbons (Fsp3) is 0.150. The molecule has 1 saturated heterocycles. The molecule has 0 unspecified atom stereocenters. The van der Waals surface area contributed by atoms with Crippen LogP contribution in [0.4, 0.5) is 5.13 Å². The lowest BCUT2D eigenvalue weighted by molar-refractivity contribution is -0.121. The number of hydrogen-bond donors (Lipinski definition) is 0. The van der Waals surface area contributed by atoms with E-state index in [1.165, 1.54) is 23.1 Å². The number of carbonyl (C=O) groups excluding carboxylic acids is 1. The smallest absolute Gasteiger partial charge is 0.267 e. The number of benzene rings is 1. The number of amides is 1. The number of aromatic nitrogens is 1. The van der Waals surface area contributed by atoms with Gasteiger partial charge >= 0.3 is 0 Å². The largest absolute Gasteiger partial charge is 0.489 e. The standard InChI is InChI=1S/C20H19N3O2S2/c1-4-10-23-18(24)17(27-20(23)22-19-21-14(3)13-26-19)12-15-8-6-7-9-16(15)25-11-5-2/h4-9,12-13H,1-2,10-11H2,3H3/b17-12-,22-20+. The molecule has 2 aromatic rings. The van der Waals surface area contributed by atoms with Gasteiger partial charge in [-0.05, 0) is 30.8 Å². The Morgan fingerprint density at radius 2 is 2.11 bits per heavy atom. The number of amidine groups is 1. The van der Waals surface area contributed by atoms with Crippen molar-refractivity contribution in [3.8, 4) is 5.75 Å². The van der Waals surface area contributed by atoms with Crippen LogP contribution in [0.1, 0.15) is 11.3 Å². The van der Waals surface area contributed by atoms with Crippen LogP contribution in [0.3, 0.4) is 0 Å². The highest BCUT2D eigenvalue weighted by Crippen LogP contribution is 2.36. The number of aryl methyl sites for hydroxylation is 1. The molecule has 1 aliphatic rings. The van der Waals surface area contributed by atoms with Gasteiger partial charge in [0.2, 0.25) is 5.13 Å². The average Bonchev–Trinajstić information content (AvgIpc) is 3.19. The third-order valence-electron chi connectivity index (χ3n) is 3.56. The second-order valence-electron chi connectivity index (χ2n) is 5.62. The van der Waals surface area contributed by atoms with E-state index in [0.29, 0.717) is 34.1 Å². The van der Waals surface area contributed by atoms with Gasteiger partial charge in [0.25, 0.3) is 5.91 Å². The number of carbonyl (C=O) groups is 1. The summed E-state index contributed by atoms with van der Waals surface area (Å²) in [5.74, 6) is 0.597. The molecule has 0 aliphatic carbocycles. The summed E-state index contributed by atoms with van der Waals surface area (Å²) in [6, 6.07) is 7.59. The first kappa shape index (κ1) is 19.1. The molecule has 1 aromatic heterocycles. The van der Waals surface area contributed by atoms with Crippen LogP contribution in [-0.4, -0.2) is 34.1 Å². The third kappa shape index (κ3) is 4.56. The highest BCUT2D eigenvalue weighted by Gasteiger charge is 2.33. The lowest BCUT2D eigenvalue weighted by Crippen LogP contribution is -2.29. The van der Waals surface area contributed by atoms with Gasteiger partial charge in [0.05, 0.1) is 10.6 Å². The molecule has 0 radical (unpaired) electrons. The van der Waals surface area contributed by atoms with E-state index < -0.39 is 0 Å². The van der Waals surface area contributed by atoms with Gasteiger partial charge in [0.15, 0.2) is 5.17 Å². The van der Waals surface area contributed by atoms with Gasteiger partial charge in [-0.3, -0.25) is 9.69 Å². The Balaban J connectivity index is 1.94. The van der Waals surface area contributed by atoms with Crippen molar-refractivity contribution in [2.24, 2.45) is 4.99 Å². The van der Waals surface area contributed by atoms with Crippen LogP contribution < -0.4 is 4.74 Å². The van der Waals surface area contributed by atoms with E-state index in [0.717, 1.165) is 11.3 Å². The molecule has 2 heterocycles. The van der Waals surface area contributed by atoms with E-state index in [2.05, 4.69) is 23.1 Å². The molecule has 1 aromatic carbocycles. The van der Waals surface area contributed by atoms with Crippen LogP contribution in [0.15, 0.2) is 64.9 Å². The fourth-order valence-corrected chi connectivity index (χ4v) is 4.08. The van der Waals surface area contributed by atoms with Crippen LogP contribution in [0.25, 0.3) is 6.08 Å². The first-order valence-corrected chi connectivity index (χ1v) is 9.98. The summed E-state index contributed by atoms with van der Waals surface area (Å²) < 4.78 is 5.68. The summed E-state index contributed by atoms with van der Waals surface area (Å²) in [7, 11) is 0. The van der Waals surface area contributed by atoms with Gasteiger partial charge < -0.3 is 4.74 Å². The van der Waals surface area contributed by atoms with Crippen LogP contribution in [0.2, 0.25) is 0 Å². The molecule has 27 heavy (non-hydrogen) atoms. The zero-order chi connectivity index (χ0) is 19.2. The molecule has 0 saturated carbocycles. The summed E-state index contributed by atoms with van der Waals surface area (Å²) in [6.07, 6.45) is 5.20. The van der Waals surface area contributed by atoms with Crippen LogP contribution >= 0.6 is 23.1 Å². The highest BCUT2D eigenvalue weighted by molar-refractivity contribution is 8.18. The number of rotatable bonds is 7. The number of hydrogen-bond acceptors (Lipinski definition) is 6. The molecule has 0 spiro atoms. The lowest BCUT2D eigenvalue weighted by Gasteiger charge is -2.11. The molecule has 0 N–H and O–H groups in total. The van der Waals surface area contributed by atoms with Crippen molar-refractivity contribution in [1.82, 2.24) is 9.88 Å². The minimum absolute atomic E-state index is 0.106. The maximum atomic E-state index is 12.9. The number of thiazole rings is 1. The summed E-state index contributed by atoms with van der Waals surface area (Å²) in [5, 5.41) is 3.17. The molecular weight excluding hydrogens is 378 g/mol. The van der Waals surface area contributed by atoms with E-state index in [1.807, 2.05) is 42.6 Å². The van der Waals surface area contributed by atoms with E-state index in [-0.39, 0.29) is 5.91 Å². The number of nitrogens with zero attached hydrogens (tertiary/aromatic N) is 3. The van der Waals surface area contributed by atoms with Crippen molar-refractivity contribution >= 4 is 45.4 Å². The molecule has 3 rings (SSSR count). The Kier molecular flexibility index (Phi) is 6.26. The van der Waals surface area contributed by atoms with Crippen LogP contribution in [0, 0.1) is 6.92 Å². The van der Waals surface area contributed by atoms with Gasteiger partial charge in [0.1, 0.15) is 12.4 Å². The third-order valence-corrected chi connectivity index (χ3v) is 5.42. The summed E-state index contributed by atoms with van der Waals surface area (Å²) in [4.78, 5) is 24.0. The predicted octanol–water partition coefficient (Wildman–Crippen LogP) is 4.81. The van der Waals surface area contributed by atoms with E-state index in [4.69, 9.17) is 4.74 Å². The molecule has 138 valence electrons. The van der Waals surface area contributed by atoms with Crippen molar-refractivity contribution in [3.05, 3.63) is 71.1 Å². The Hall–Kier alpha value is -2.64. The fourth-order valence-electron chi connectivity index (χ4n) is 2.38. The Bertz CT molecular complexity index is 931. The zero-order valence-electron chi connectivity index (χ0n) is 14.9. The SMILES string of the molecule is C=CCOc1ccccc1/C=C1\S/C(=N/c2nc(C)cs2)N(CC=C)C1=O. The minimum atomic E-state index is -0.106. The summed E-state index contributed by atoms with van der Waals surface area (Å²) in [6.45, 7) is 10.1. The van der Waals surface area contributed by atoms with Crippen molar-refractivity contribution in [2.75, 3.05) is 13.2 Å². The summed E-state index contributed by atoms with van der Waals surface area (Å²) in [5.41, 5.74) is 1.74. The molecule has 0 bridgehead atoms. The Morgan fingerprint density at radius 1 is 1.30 bits per heavy atom. The van der Waals surface area contributed by atoms with Crippen LogP contribution in [0.5, 0.6) is 5.75 Å². The van der Waals surface area contributed by atoms with E-state index in [1.54, 1.807) is 17.1 Å². The monoisotopic (exact) mass is 397 g/mol. The van der Waals surface area contributed by atoms with Gasteiger partial charge in [0, 0.05) is 17.5 Å². The van der Waals surface area contributed by atoms with Crippen molar-refractivity contribution in [3.63, 3.8) is 0 Å². The molecule has 1 fully saturated rings. The van der Waals surface area contributed by atoms with Gasteiger partial charge in [-0.25, -0.2) is 4.98 Å². The highest BCUT2D eigenvalue weighted by atomic mass is 32.2. The van der Waals surface area contributed by atoms with Crippen LogP contribution in [-0.2, 0) is 4.79 Å². The minimum Gasteiger partial charge on any atom is -0.489 e. The molecule has 0 atom stereocenters. The topological polar surface area (TPSA) is 54.8 Å². The Labute approximate surface area is 166 Å². The normalized spacial score (nSPS) is 16.9. The maximum Gasteiger partial charge on any atom is 0.267 e. The van der Waals surface area contributed by atoms with E-state index in [9.17, 15) is 4.79 Å². The Morgan fingerprint density at radius 3 is 2.81 bits per heavy atom. The molecule has 1 aliphatic heterocycles. The lowest BCUT2D eigenvalue weighted by atomic mass is 10.2. The quantitative estimate of drug-likeness (QED) is 0.497. The second-order valence-corrected chi connectivity index (χ2v) is 7.46. The van der Waals surface area contributed by atoms with Gasteiger partial charge in [-0.15, -0.1) is 17.9 Å². The maximum absolute atomic E-state index is 12.9. The van der Waals surface area contributed by atoms with Gasteiger partial charge in [-0.2, -0.15) is 4.99 Å². The molecular formula is C20H19N3O2S2. The average molecular weight is 398 g/mol. The molecule has 1 amide bonds. The first-order valence-electron chi connectivity index (χ1n) is 8.28. The van der Waals surface area contributed by atoms with E-state index >= 15 is 0 Å². The zero-order valence-corrected chi connectivity index (χ0v) is 16.6. The summed E-state index contributed by atoms with van der Waals surface area (Å²) >= 11 is 2.78. The molecule has 5 nitrogen and oxygen atoms in total. The number of ether oxygens (including phenoxy) is 1. The van der Waals surface area contributed by atoms with Crippen molar-refractivity contribution in [1.29, 1.82) is 0 Å². The number of aliphatic imine (C=N–C) groups is 1. The first-order chi connectivity index (χ1) is 13.1. The van der Waals surface area contributed by atoms with Crippen molar-refractivity contribution in [2.45, 2.75) is 6.92 Å². The second kappa shape index (κ2) is 8.83. The van der Waals surface area contributed by atoms with Gasteiger partial charge in [-0.1, -0.05) is 36.9 Å². The predicted molar refractivity (Wildman–Crippen MR) is 114 cm³/mol.